The van der Waals surface area contributed by atoms with Crippen LogP contribution < -0.4 is 10.1 Å². The summed E-state index contributed by atoms with van der Waals surface area (Å²) < 4.78 is 5.82. The highest BCUT2D eigenvalue weighted by molar-refractivity contribution is 6.06. The molecule has 1 N–H and O–H groups in total. The van der Waals surface area contributed by atoms with Crippen LogP contribution in [-0.2, 0) is 0 Å². The van der Waals surface area contributed by atoms with E-state index in [1.807, 2.05) is 23.1 Å². The Morgan fingerprint density at radius 2 is 1.73 bits per heavy atom. The molecule has 2 amide bonds. The molecule has 1 fully saturated rings. The molecule has 5 heteroatoms. The van der Waals surface area contributed by atoms with Crippen LogP contribution in [0.25, 0.3) is 0 Å². The Bertz CT molecular complexity index is 853. The second kappa shape index (κ2) is 10.3. The Balaban J connectivity index is 1.62. The highest BCUT2D eigenvalue weighted by atomic mass is 16.5. The predicted molar refractivity (Wildman–Crippen MR) is 120 cm³/mol. The van der Waals surface area contributed by atoms with Gasteiger partial charge in [-0.2, -0.15) is 0 Å². The summed E-state index contributed by atoms with van der Waals surface area (Å²) in [7, 11) is 0. The van der Waals surface area contributed by atoms with Gasteiger partial charge >= 0.3 is 0 Å². The molecular weight excluding hydrogens is 376 g/mol. The van der Waals surface area contributed by atoms with Crippen LogP contribution in [0.15, 0.2) is 48.5 Å². The highest BCUT2D eigenvalue weighted by Gasteiger charge is 2.21. The molecule has 0 radical (unpaired) electrons. The molecule has 0 bridgehead atoms. The van der Waals surface area contributed by atoms with Gasteiger partial charge in [0.1, 0.15) is 5.75 Å². The maximum absolute atomic E-state index is 12.8. The van der Waals surface area contributed by atoms with Gasteiger partial charge in [0.05, 0.1) is 12.2 Å². The van der Waals surface area contributed by atoms with Gasteiger partial charge in [0.15, 0.2) is 0 Å². The van der Waals surface area contributed by atoms with Crippen molar-refractivity contribution in [1.29, 1.82) is 0 Å². The fourth-order valence-electron chi connectivity index (χ4n) is 3.47. The fourth-order valence-corrected chi connectivity index (χ4v) is 3.47. The smallest absolute Gasteiger partial charge is 0.259 e. The summed E-state index contributed by atoms with van der Waals surface area (Å²) in [5.41, 5.74) is 1.81. The molecule has 0 saturated carbocycles. The number of carbonyl (C=O) groups excluding carboxylic acids is 2. The molecule has 1 aliphatic heterocycles. The Morgan fingerprint density at radius 3 is 2.40 bits per heavy atom. The normalized spacial score (nSPS) is 14.6. The number of rotatable bonds is 7. The van der Waals surface area contributed by atoms with Crippen LogP contribution in [0, 0.1) is 11.8 Å². The van der Waals surface area contributed by atoms with Crippen molar-refractivity contribution in [2.75, 3.05) is 25.0 Å². The third kappa shape index (κ3) is 5.85. The molecule has 5 nitrogen and oxygen atoms in total. The summed E-state index contributed by atoms with van der Waals surface area (Å²) in [6.45, 7) is 8.71. The van der Waals surface area contributed by atoms with Crippen molar-refractivity contribution in [3.63, 3.8) is 0 Å². The van der Waals surface area contributed by atoms with Gasteiger partial charge in [-0.05, 0) is 67.5 Å². The Hall–Kier alpha value is -2.82. The van der Waals surface area contributed by atoms with E-state index >= 15 is 0 Å². The molecule has 160 valence electrons. The minimum absolute atomic E-state index is 0.0590. The van der Waals surface area contributed by atoms with Crippen LogP contribution in [-0.4, -0.2) is 36.4 Å². The van der Waals surface area contributed by atoms with Crippen molar-refractivity contribution in [3.8, 4) is 5.75 Å². The van der Waals surface area contributed by atoms with Crippen LogP contribution in [0.1, 0.15) is 60.7 Å². The molecule has 1 heterocycles. The maximum Gasteiger partial charge on any atom is 0.259 e. The molecule has 0 aliphatic carbocycles. The number of likely N-dealkylation sites (tertiary alicyclic amines) is 1. The maximum atomic E-state index is 12.8. The molecule has 1 aliphatic rings. The average Bonchev–Trinajstić information content (AvgIpc) is 2.74. The summed E-state index contributed by atoms with van der Waals surface area (Å²) in [6, 6.07) is 14.4. The summed E-state index contributed by atoms with van der Waals surface area (Å²) >= 11 is 0. The van der Waals surface area contributed by atoms with Crippen molar-refractivity contribution < 1.29 is 14.3 Å². The zero-order valence-electron chi connectivity index (χ0n) is 18.2. The zero-order valence-corrected chi connectivity index (χ0v) is 18.2. The lowest BCUT2D eigenvalue weighted by atomic mass is 9.98. The minimum atomic E-state index is -0.223. The monoisotopic (exact) mass is 408 g/mol. The number of para-hydroxylation sites is 1. The highest BCUT2D eigenvalue weighted by Crippen LogP contribution is 2.22. The Morgan fingerprint density at radius 1 is 1.07 bits per heavy atom. The summed E-state index contributed by atoms with van der Waals surface area (Å²) in [4.78, 5) is 27.4. The van der Waals surface area contributed by atoms with Crippen LogP contribution in [0.4, 0.5) is 5.69 Å². The van der Waals surface area contributed by atoms with Crippen LogP contribution in [0.2, 0.25) is 0 Å². The second-order valence-electron chi connectivity index (χ2n) is 8.53. The first-order valence-electron chi connectivity index (χ1n) is 10.9. The van der Waals surface area contributed by atoms with E-state index in [2.05, 4.69) is 26.1 Å². The largest absolute Gasteiger partial charge is 0.493 e. The molecule has 30 heavy (non-hydrogen) atoms. The van der Waals surface area contributed by atoms with Crippen LogP contribution >= 0.6 is 0 Å². The number of piperidine rings is 1. The number of ether oxygens (including phenoxy) is 1. The number of nitrogens with one attached hydrogen (secondary N) is 1. The van der Waals surface area contributed by atoms with Gasteiger partial charge in [0.25, 0.3) is 11.8 Å². The van der Waals surface area contributed by atoms with Gasteiger partial charge in [-0.1, -0.05) is 32.9 Å². The number of carbonyl (C=O) groups is 2. The van der Waals surface area contributed by atoms with Gasteiger partial charge in [-0.25, -0.2) is 0 Å². The lowest BCUT2D eigenvalue weighted by Crippen LogP contribution is -2.37. The van der Waals surface area contributed by atoms with Crippen molar-refractivity contribution in [2.45, 2.75) is 40.0 Å². The first-order valence-corrected chi connectivity index (χ1v) is 10.9. The van der Waals surface area contributed by atoms with E-state index < -0.39 is 0 Å². The van der Waals surface area contributed by atoms with E-state index in [-0.39, 0.29) is 11.8 Å². The molecule has 3 rings (SSSR count). The van der Waals surface area contributed by atoms with Crippen LogP contribution in [0.5, 0.6) is 5.75 Å². The molecule has 0 unspecified atom stereocenters. The van der Waals surface area contributed by atoms with E-state index in [1.165, 1.54) is 0 Å². The van der Waals surface area contributed by atoms with Crippen molar-refractivity contribution >= 4 is 17.5 Å². The van der Waals surface area contributed by atoms with Crippen LogP contribution in [0.3, 0.4) is 0 Å². The number of anilines is 1. The average molecular weight is 409 g/mol. The van der Waals surface area contributed by atoms with E-state index in [0.29, 0.717) is 41.0 Å². The molecule has 0 spiro atoms. The van der Waals surface area contributed by atoms with E-state index in [0.717, 1.165) is 32.4 Å². The van der Waals surface area contributed by atoms with E-state index in [9.17, 15) is 9.59 Å². The number of amides is 2. The van der Waals surface area contributed by atoms with Gasteiger partial charge < -0.3 is 15.0 Å². The first kappa shape index (κ1) is 21.9. The third-order valence-electron chi connectivity index (χ3n) is 5.55. The Kier molecular flexibility index (Phi) is 7.50. The predicted octanol–water partition coefficient (Wildman–Crippen LogP) is 5.24. The SMILES string of the molecule is CC(C)CCOc1ccccc1C(=O)Nc1ccc(C(=O)N2CCC(C)CC2)cc1. The zero-order chi connectivity index (χ0) is 21.5. The van der Waals surface area contributed by atoms with Gasteiger partial charge in [0.2, 0.25) is 0 Å². The lowest BCUT2D eigenvalue weighted by Gasteiger charge is -2.30. The molecule has 2 aromatic rings. The fraction of sp³-hybridized carbons (Fsp3) is 0.440. The summed E-state index contributed by atoms with van der Waals surface area (Å²) in [5.74, 6) is 1.65. The standard InChI is InChI=1S/C25H32N2O3/c1-18(2)14-17-30-23-7-5-4-6-22(23)24(28)26-21-10-8-20(9-11-21)25(29)27-15-12-19(3)13-16-27/h4-11,18-19H,12-17H2,1-3H3,(H,26,28). The molecular formula is C25H32N2O3. The number of hydrogen-bond acceptors (Lipinski definition) is 3. The number of benzene rings is 2. The van der Waals surface area contributed by atoms with Crippen molar-refractivity contribution in [2.24, 2.45) is 11.8 Å². The van der Waals surface area contributed by atoms with Gasteiger partial charge in [-0.3, -0.25) is 9.59 Å². The summed E-state index contributed by atoms with van der Waals surface area (Å²) in [6.07, 6.45) is 3.04. The Labute approximate surface area is 179 Å². The second-order valence-corrected chi connectivity index (χ2v) is 8.53. The minimum Gasteiger partial charge on any atom is -0.493 e. The first-order chi connectivity index (χ1) is 14.4. The van der Waals surface area contributed by atoms with E-state index in [4.69, 9.17) is 4.74 Å². The lowest BCUT2D eigenvalue weighted by molar-refractivity contribution is 0.0697. The number of hydrogen-bond donors (Lipinski definition) is 1. The third-order valence-corrected chi connectivity index (χ3v) is 5.55. The van der Waals surface area contributed by atoms with Crippen molar-refractivity contribution in [1.82, 2.24) is 4.90 Å². The van der Waals surface area contributed by atoms with Crippen molar-refractivity contribution in [3.05, 3.63) is 59.7 Å². The topological polar surface area (TPSA) is 58.6 Å². The molecule has 2 aromatic carbocycles. The van der Waals surface area contributed by atoms with Gasteiger partial charge in [0, 0.05) is 24.3 Å². The number of nitrogens with zero attached hydrogens (tertiary/aromatic N) is 1. The molecule has 0 aromatic heterocycles. The molecule has 0 atom stereocenters. The summed E-state index contributed by atoms with van der Waals surface area (Å²) in [5, 5.41) is 2.91. The van der Waals surface area contributed by atoms with E-state index in [1.54, 1.807) is 30.3 Å². The van der Waals surface area contributed by atoms with Gasteiger partial charge in [-0.15, -0.1) is 0 Å². The molecule has 1 saturated heterocycles. The quantitative estimate of drug-likeness (QED) is 0.682.